The van der Waals surface area contributed by atoms with Gasteiger partial charge in [0, 0.05) is 12.3 Å². The molecule has 10 nitrogen and oxygen atoms in total. The molecule has 0 aliphatic carbocycles. The van der Waals surface area contributed by atoms with E-state index < -0.39 is 11.9 Å². The molecule has 1 aliphatic rings. The summed E-state index contributed by atoms with van der Waals surface area (Å²) in [6.45, 7) is -0.157. The summed E-state index contributed by atoms with van der Waals surface area (Å²) in [6, 6.07) is 12.0. The predicted octanol–water partition coefficient (Wildman–Crippen LogP) is 1.71. The first kappa shape index (κ1) is 21.7. The molecule has 2 N–H and O–H groups in total. The van der Waals surface area contributed by atoms with Crippen molar-refractivity contribution in [3.05, 3.63) is 65.2 Å². The highest BCUT2D eigenvalue weighted by molar-refractivity contribution is 8.18. The molecule has 0 atom stereocenters. The lowest BCUT2D eigenvalue weighted by atomic mass is 10.2. The lowest BCUT2D eigenvalue weighted by Gasteiger charge is -2.07. The molecule has 3 rings (SSSR count). The van der Waals surface area contributed by atoms with Gasteiger partial charge in [0.1, 0.15) is 11.6 Å². The number of amidine groups is 1. The molecule has 2 amide bonds. The Morgan fingerprint density at radius 3 is 2.74 bits per heavy atom. The van der Waals surface area contributed by atoms with Crippen LogP contribution in [0, 0.1) is 0 Å². The number of carbonyl (C=O) groups is 3. The van der Waals surface area contributed by atoms with Crippen LogP contribution in [0.15, 0.2) is 69.8 Å². The molecule has 31 heavy (non-hydrogen) atoms. The van der Waals surface area contributed by atoms with E-state index in [1.165, 1.54) is 13.3 Å². The molecule has 1 aliphatic heterocycles. The second-order valence-electron chi connectivity index (χ2n) is 5.86. The van der Waals surface area contributed by atoms with Crippen molar-refractivity contribution in [3.8, 4) is 5.75 Å². The second kappa shape index (κ2) is 10.7. The highest BCUT2D eigenvalue weighted by Crippen LogP contribution is 2.23. The van der Waals surface area contributed by atoms with Gasteiger partial charge in [-0.15, -0.1) is 5.10 Å². The molecule has 2 aromatic rings. The molecule has 1 saturated heterocycles. The molecule has 158 valence electrons. The highest BCUT2D eigenvalue weighted by Gasteiger charge is 2.24. The molecule has 1 aromatic heterocycles. The van der Waals surface area contributed by atoms with Crippen molar-refractivity contribution >= 4 is 46.7 Å². The minimum atomic E-state index is -0.626. The van der Waals surface area contributed by atoms with E-state index in [0.717, 1.165) is 23.4 Å². The van der Waals surface area contributed by atoms with Crippen molar-refractivity contribution in [1.82, 2.24) is 10.3 Å². The SMILES string of the molecule is COC(=O)/C=C1/S/C(=N\N=Cc2ccc(OCC(=O)Nc3ccccn3)cc2)NC1=O. The van der Waals surface area contributed by atoms with Crippen LogP contribution in [0.25, 0.3) is 0 Å². The fraction of sp³-hybridized carbons (Fsp3) is 0.100. The van der Waals surface area contributed by atoms with Crippen LogP contribution in [0.1, 0.15) is 5.56 Å². The number of aromatic nitrogens is 1. The lowest BCUT2D eigenvalue weighted by molar-refractivity contribution is -0.135. The first-order chi connectivity index (χ1) is 15.0. The summed E-state index contributed by atoms with van der Waals surface area (Å²) in [7, 11) is 1.23. The van der Waals surface area contributed by atoms with Crippen molar-refractivity contribution in [3.63, 3.8) is 0 Å². The van der Waals surface area contributed by atoms with Gasteiger partial charge in [0.05, 0.1) is 18.2 Å². The van der Waals surface area contributed by atoms with Crippen LogP contribution in [0.2, 0.25) is 0 Å². The molecule has 0 unspecified atom stereocenters. The second-order valence-corrected chi connectivity index (χ2v) is 6.89. The van der Waals surface area contributed by atoms with Crippen LogP contribution >= 0.6 is 11.8 Å². The largest absolute Gasteiger partial charge is 0.484 e. The summed E-state index contributed by atoms with van der Waals surface area (Å²) in [4.78, 5) is 39.0. The molecule has 1 aromatic carbocycles. The Labute approximate surface area is 181 Å². The van der Waals surface area contributed by atoms with Gasteiger partial charge in [0.2, 0.25) is 0 Å². The topological polar surface area (TPSA) is 131 Å². The molecule has 0 radical (unpaired) electrons. The fourth-order valence-electron chi connectivity index (χ4n) is 2.20. The molecular weight excluding hydrogens is 422 g/mol. The Hall–Kier alpha value is -3.99. The van der Waals surface area contributed by atoms with E-state index in [9.17, 15) is 14.4 Å². The molecule has 0 saturated carbocycles. The van der Waals surface area contributed by atoms with Gasteiger partial charge < -0.3 is 14.8 Å². The Morgan fingerprint density at radius 2 is 2.03 bits per heavy atom. The minimum Gasteiger partial charge on any atom is -0.484 e. The number of thioether (sulfide) groups is 1. The molecular formula is C20H17N5O5S. The summed E-state index contributed by atoms with van der Waals surface area (Å²) in [5.74, 6) is -0.432. The van der Waals surface area contributed by atoms with Gasteiger partial charge in [0.25, 0.3) is 11.8 Å². The third kappa shape index (κ3) is 6.78. The van der Waals surface area contributed by atoms with Gasteiger partial charge in [-0.1, -0.05) is 6.07 Å². The van der Waals surface area contributed by atoms with Crippen LogP contribution in [-0.4, -0.2) is 47.9 Å². The van der Waals surface area contributed by atoms with Crippen LogP contribution in [0.5, 0.6) is 5.75 Å². The molecule has 1 fully saturated rings. The fourth-order valence-corrected chi connectivity index (χ4v) is 2.94. The van der Waals surface area contributed by atoms with Crippen molar-refractivity contribution in [2.75, 3.05) is 19.0 Å². The van der Waals surface area contributed by atoms with E-state index in [4.69, 9.17) is 4.74 Å². The highest BCUT2D eigenvalue weighted by atomic mass is 32.2. The Bertz CT molecular complexity index is 1050. The number of rotatable bonds is 7. The standard InChI is InChI=1S/C20H17N5O5S/c1-29-18(27)10-15-19(28)24-20(31-15)25-22-11-13-5-7-14(8-6-13)30-12-17(26)23-16-4-2-3-9-21-16/h2-11H,12H2,1H3,(H,21,23,26)(H,24,25,28)/b15-10+,22-11?. The number of amides is 2. The number of nitrogens with one attached hydrogen (secondary N) is 2. The average molecular weight is 439 g/mol. The first-order valence-electron chi connectivity index (χ1n) is 8.87. The maximum absolute atomic E-state index is 11.9. The number of nitrogens with zero attached hydrogens (tertiary/aromatic N) is 3. The molecule has 0 spiro atoms. The van der Waals surface area contributed by atoms with Crippen molar-refractivity contribution in [1.29, 1.82) is 0 Å². The summed E-state index contributed by atoms with van der Waals surface area (Å²) < 4.78 is 9.93. The Balaban J connectivity index is 1.49. The Kier molecular flexibility index (Phi) is 7.49. The van der Waals surface area contributed by atoms with Gasteiger partial charge in [-0.25, -0.2) is 9.78 Å². The summed E-state index contributed by atoms with van der Waals surface area (Å²) in [5.41, 5.74) is 0.731. The maximum atomic E-state index is 11.9. The minimum absolute atomic E-state index is 0.157. The van der Waals surface area contributed by atoms with E-state index in [0.29, 0.717) is 11.6 Å². The third-order valence-corrected chi connectivity index (χ3v) is 4.54. The quantitative estimate of drug-likeness (QED) is 0.291. The zero-order chi connectivity index (χ0) is 22.1. The van der Waals surface area contributed by atoms with E-state index >= 15 is 0 Å². The van der Waals surface area contributed by atoms with Gasteiger partial charge >= 0.3 is 5.97 Å². The van der Waals surface area contributed by atoms with Crippen LogP contribution in [0.4, 0.5) is 5.82 Å². The van der Waals surface area contributed by atoms with Crippen LogP contribution in [-0.2, 0) is 19.1 Å². The lowest BCUT2D eigenvalue weighted by Crippen LogP contribution is -2.20. The van der Waals surface area contributed by atoms with Crippen molar-refractivity contribution < 1.29 is 23.9 Å². The molecule has 2 heterocycles. The third-order valence-electron chi connectivity index (χ3n) is 3.64. The number of hydrogen-bond acceptors (Lipinski definition) is 9. The molecule has 0 bridgehead atoms. The Morgan fingerprint density at radius 1 is 1.23 bits per heavy atom. The number of anilines is 1. The normalized spacial score (nSPS) is 15.8. The number of carbonyl (C=O) groups excluding carboxylic acids is 3. The van der Waals surface area contributed by atoms with Gasteiger partial charge in [-0.05, 0) is 53.7 Å². The molecule has 11 heteroatoms. The number of benzene rings is 1. The van der Waals surface area contributed by atoms with Crippen LogP contribution in [0.3, 0.4) is 0 Å². The number of hydrogen-bond donors (Lipinski definition) is 2. The van der Waals surface area contributed by atoms with E-state index in [-0.39, 0.29) is 22.6 Å². The number of pyridine rings is 1. The predicted molar refractivity (Wildman–Crippen MR) is 116 cm³/mol. The number of ether oxygens (including phenoxy) is 2. The van der Waals surface area contributed by atoms with Gasteiger partial charge in [0.15, 0.2) is 11.8 Å². The maximum Gasteiger partial charge on any atom is 0.331 e. The van der Waals surface area contributed by atoms with E-state index in [1.54, 1.807) is 48.7 Å². The van der Waals surface area contributed by atoms with Crippen molar-refractivity contribution in [2.24, 2.45) is 10.2 Å². The zero-order valence-electron chi connectivity index (χ0n) is 16.3. The summed E-state index contributed by atoms with van der Waals surface area (Å²) >= 11 is 0.983. The zero-order valence-corrected chi connectivity index (χ0v) is 17.1. The summed E-state index contributed by atoms with van der Waals surface area (Å²) in [5, 5.41) is 13.2. The van der Waals surface area contributed by atoms with E-state index in [1.807, 2.05) is 0 Å². The van der Waals surface area contributed by atoms with E-state index in [2.05, 4.69) is 30.6 Å². The summed E-state index contributed by atoms with van der Waals surface area (Å²) in [6.07, 6.45) is 4.15. The van der Waals surface area contributed by atoms with Crippen LogP contribution < -0.4 is 15.4 Å². The smallest absolute Gasteiger partial charge is 0.331 e. The number of methoxy groups -OCH3 is 1. The van der Waals surface area contributed by atoms with Crippen molar-refractivity contribution in [2.45, 2.75) is 0 Å². The monoisotopic (exact) mass is 439 g/mol. The first-order valence-corrected chi connectivity index (χ1v) is 9.69. The average Bonchev–Trinajstić information content (AvgIpc) is 3.12. The van der Waals surface area contributed by atoms with Gasteiger partial charge in [-0.3, -0.25) is 14.9 Å². The number of esters is 1. The van der Waals surface area contributed by atoms with Gasteiger partial charge in [-0.2, -0.15) is 5.10 Å².